The van der Waals surface area contributed by atoms with E-state index in [0.717, 1.165) is 12.5 Å². The van der Waals surface area contributed by atoms with Gasteiger partial charge in [-0.25, -0.2) is 0 Å². The van der Waals surface area contributed by atoms with Crippen molar-refractivity contribution < 1.29 is 0 Å². The summed E-state index contributed by atoms with van der Waals surface area (Å²) in [5.41, 5.74) is 1.31. The Morgan fingerprint density at radius 3 is 3.07 bits per heavy atom. The van der Waals surface area contributed by atoms with Gasteiger partial charge in [-0.2, -0.15) is 4.37 Å². The second-order valence-electron chi connectivity index (χ2n) is 4.13. The number of nitrogens with zero attached hydrogens (tertiary/aromatic N) is 1. The van der Waals surface area contributed by atoms with E-state index in [9.17, 15) is 0 Å². The molecule has 3 unspecified atom stereocenters. The van der Waals surface area contributed by atoms with Crippen LogP contribution >= 0.6 is 11.5 Å². The van der Waals surface area contributed by atoms with Crippen LogP contribution in [0.5, 0.6) is 0 Å². The number of rotatable bonds is 3. The summed E-state index contributed by atoms with van der Waals surface area (Å²) in [4.78, 5) is 0. The highest BCUT2D eigenvalue weighted by Crippen LogP contribution is 2.38. The van der Waals surface area contributed by atoms with Gasteiger partial charge in [-0.3, -0.25) is 0 Å². The van der Waals surface area contributed by atoms with Crippen LogP contribution in [0.3, 0.4) is 0 Å². The highest BCUT2D eigenvalue weighted by molar-refractivity contribution is 7.03. The predicted molar refractivity (Wildman–Crippen MR) is 60.7 cm³/mol. The molecule has 0 radical (unpaired) electrons. The van der Waals surface area contributed by atoms with Gasteiger partial charge in [0.25, 0.3) is 0 Å². The molecule has 1 aliphatic rings. The Hall–Kier alpha value is -0.410. The summed E-state index contributed by atoms with van der Waals surface area (Å²) < 4.78 is 4.46. The molecule has 14 heavy (non-hydrogen) atoms. The van der Waals surface area contributed by atoms with Crippen LogP contribution in [0, 0.1) is 5.92 Å². The summed E-state index contributed by atoms with van der Waals surface area (Å²) in [6.45, 7) is 5.62. The van der Waals surface area contributed by atoms with Crippen LogP contribution in [0.15, 0.2) is 11.4 Å². The van der Waals surface area contributed by atoms with E-state index >= 15 is 0 Å². The Morgan fingerprint density at radius 1 is 1.57 bits per heavy atom. The van der Waals surface area contributed by atoms with Crippen molar-refractivity contribution in [3.05, 3.63) is 17.1 Å². The molecule has 0 amide bonds. The molecular formula is C11H18N2S. The maximum atomic E-state index is 4.46. The van der Waals surface area contributed by atoms with Crippen molar-refractivity contribution in [3.8, 4) is 0 Å². The van der Waals surface area contributed by atoms with Crippen molar-refractivity contribution >= 4 is 11.5 Å². The van der Waals surface area contributed by atoms with Gasteiger partial charge in [0.05, 0.1) is 5.69 Å². The lowest BCUT2D eigenvalue weighted by molar-refractivity contribution is 0.409. The summed E-state index contributed by atoms with van der Waals surface area (Å²) in [6, 6.07) is 2.88. The van der Waals surface area contributed by atoms with Gasteiger partial charge in [-0.05, 0) is 42.9 Å². The molecule has 3 heteroatoms. The molecule has 1 N–H and O–H groups in total. The van der Waals surface area contributed by atoms with Gasteiger partial charge >= 0.3 is 0 Å². The number of aromatic nitrogens is 1. The van der Waals surface area contributed by atoms with Gasteiger partial charge in [-0.1, -0.05) is 13.8 Å². The molecule has 0 aromatic carbocycles. The molecule has 1 saturated carbocycles. The minimum atomic E-state index is 0.685. The average Bonchev–Trinajstić information content (AvgIpc) is 2.77. The molecule has 1 aromatic rings. The van der Waals surface area contributed by atoms with Crippen LogP contribution in [-0.4, -0.2) is 17.0 Å². The zero-order chi connectivity index (χ0) is 9.97. The van der Waals surface area contributed by atoms with Crippen molar-refractivity contribution in [2.45, 2.75) is 38.6 Å². The highest BCUT2D eigenvalue weighted by Gasteiger charge is 2.33. The van der Waals surface area contributed by atoms with Crippen LogP contribution in [0.4, 0.5) is 0 Å². The minimum Gasteiger partial charge on any atom is -0.314 e. The summed E-state index contributed by atoms with van der Waals surface area (Å²) in [5.74, 6) is 1.42. The third-order valence-electron chi connectivity index (χ3n) is 3.36. The molecule has 3 atom stereocenters. The molecule has 0 saturated heterocycles. The van der Waals surface area contributed by atoms with Gasteiger partial charge < -0.3 is 5.32 Å². The molecule has 0 bridgehead atoms. The molecule has 1 heterocycles. The fourth-order valence-electron chi connectivity index (χ4n) is 2.55. The lowest BCUT2D eigenvalue weighted by Crippen LogP contribution is -2.32. The third-order valence-corrected chi connectivity index (χ3v) is 3.94. The number of hydrogen-bond donors (Lipinski definition) is 1. The van der Waals surface area contributed by atoms with Crippen LogP contribution in [-0.2, 0) is 0 Å². The zero-order valence-corrected chi connectivity index (χ0v) is 9.68. The van der Waals surface area contributed by atoms with Crippen LogP contribution in [0.1, 0.15) is 38.3 Å². The first-order valence-electron chi connectivity index (χ1n) is 5.46. The van der Waals surface area contributed by atoms with Gasteiger partial charge in [0.1, 0.15) is 0 Å². The summed E-state index contributed by atoms with van der Waals surface area (Å²) >= 11 is 1.57. The van der Waals surface area contributed by atoms with Gasteiger partial charge in [-0.15, -0.1) is 0 Å². The van der Waals surface area contributed by atoms with Crippen LogP contribution in [0.2, 0.25) is 0 Å². The van der Waals surface area contributed by atoms with Crippen molar-refractivity contribution in [3.63, 3.8) is 0 Å². The second-order valence-corrected chi connectivity index (χ2v) is 4.80. The fraction of sp³-hybridized carbons (Fsp3) is 0.727. The standard InChI is InChI=1S/C11H18N2S/c1-3-12-10-5-4-9(8(10)2)11-6-7-14-13-11/h6-10,12H,3-5H2,1-2H3. The Balaban J connectivity index is 2.03. The van der Waals surface area contributed by atoms with E-state index in [2.05, 4.69) is 35.0 Å². The molecule has 2 rings (SSSR count). The van der Waals surface area contributed by atoms with E-state index in [0.29, 0.717) is 12.0 Å². The second kappa shape index (κ2) is 4.41. The average molecular weight is 210 g/mol. The number of nitrogens with one attached hydrogen (secondary N) is 1. The van der Waals surface area contributed by atoms with Crippen LogP contribution in [0.25, 0.3) is 0 Å². The van der Waals surface area contributed by atoms with E-state index in [-0.39, 0.29) is 0 Å². The highest BCUT2D eigenvalue weighted by atomic mass is 32.1. The number of hydrogen-bond acceptors (Lipinski definition) is 3. The normalized spacial score (nSPS) is 32.3. The third kappa shape index (κ3) is 1.84. The Morgan fingerprint density at radius 2 is 2.43 bits per heavy atom. The molecule has 1 aliphatic carbocycles. The molecule has 1 fully saturated rings. The van der Waals surface area contributed by atoms with E-state index < -0.39 is 0 Å². The van der Waals surface area contributed by atoms with Crippen molar-refractivity contribution in [2.24, 2.45) is 5.92 Å². The smallest absolute Gasteiger partial charge is 0.0576 e. The molecule has 0 aliphatic heterocycles. The first kappa shape index (κ1) is 10.1. The zero-order valence-electron chi connectivity index (χ0n) is 8.86. The molecular weight excluding hydrogens is 192 g/mol. The van der Waals surface area contributed by atoms with E-state index in [1.54, 1.807) is 11.5 Å². The Labute approximate surface area is 89.9 Å². The monoisotopic (exact) mass is 210 g/mol. The maximum Gasteiger partial charge on any atom is 0.0576 e. The molecule has 78 valence electrons. The molecule has 0 spiro atoms. The van der Waals surface area contributed by atoms with Crippen LogP contribution < -0.4 is 5.32 Å². The first-order valence-corrected chi connectivity index (χ1v) is 6.30. The van der Waals surface area contributed by atoms with Gasteiger partial charge in [0.15, 0.2) is 0 Å². The van der Waals surface area contributed by atoms with E-state index in [1.165, 1.54) is 18.5 Å². The summed E-state index contributed by atoms with van der Waals surface area (Å²) in [5, 5.41) is 5.65. The van der Waals surface area contributed by atoms with Crippen molar-refractivity contribution in [1.82, 2.24) is 9.69 Å². The van der Waals surface area contributed by atoms with Gasteiger partial charge in [0, 0.05) is 17.3 Å². The Bertz CT molecular complexity index is 271. The molecule has 1 aromatic heterocycles. The lowest BCUT2D eigenvalue weighted by Gasteiger charge is -2.19. The summed E-state index contributed by atoms with van der Waals surface area (Å²) in [6.07, 6.45) is 2.60. The lowest BCUT2D eigenvalue weighted by atomic mass is 9.93. The predicted octanol–water partition coefficient (Wildman–Crippen LogP) is 2.63. The van der Waals surface area contributed by atoms with Crippen molar-refractivity contribution in [2.75, 3.05) is 6.54 Å². The maximum absolute atomic E-state index is 4.46. The van der Waals surface area contributed by atoms with E-state index in [1.807, 2.05) is 0 Å². The SMILES string of the molecule is CCNC1CCC(c2ccsn2)C1C. The Kier molecular flexibility index (Phi) is 3.19. The topological polar surface area (TPSA) is 24.9 Å². The quantitative estimate of drug-likeness (QED) is 0.829. The van der Waals surface area contributed by atoms with Crippen molar-refractivity contribution in [1.29, 1.82) is 0 Å². The largest absolute Gasteiger partial charge is 0.314 e. The van der Waals surface area contributed by atoms with E-state index in [4.69, 9.17) is 0 Å². The first-order chi connectivity index (χ1) is 6.83. The van der Waals surface area contributed by atoms with Gasteiger partial charge in [0.2, 0.25) is 0 Å². The molecule has 2 nitrogen and oxygen atoms in total. The minimum absolute atomic E-state index is 0.685. The fourth-order valence-corrected chi connectivity index (χ4v) is 3.12. The summed E-state index contributed by atoms with van der Waals surface area (Å²) in [7, 11) is 0.